The van der Waals surface area contributed by atoms with Crippen LogP contribution in [0.4, 0.5) is 0 Å². The van der Waals surface area contributed by atoms with Gasteiger partial charge in [-0.1, -0.05) is 0 Å². The van der Waals surface area contributed by atoms with Crippen LogP contribution in [0.5, 0.6) is 0 Å². The second-order valence-corrected chi connectivity index (χ2v) is 1.59. The van der Waals surface area contributed by atoms with Gasteiger partial charge in [-0.3, -0.25) is 0 Å². The number of carbonyl (C=O) groups excluding carboxylic acids is 2. The van der Waals surface area contributed by atoms with Crippen molar-refractivity contribution in [2.45, 2.75) is 0 Å². The second-order valence-electron chi connectivity index (χ2n) is 0.821. The van der Waals surface area contributed by atoms with Crippen LogP contribution in [-0.2, 0) is 32.7 Å². The molecule has 0 aliphatic rings. The first-order valence-corrected chi connectivity index (χ1v) is 3.37. The maximum absolute atomic E-state index is 9.85. The number of carboxylic acid groups (broad SMARTS) is 1. The fourth-order valence-corrected chi connectivity index (χ4v) is 0.442. The summed E-state index contributed by atoms with van der Waals surface area (Å²) >= 11 is -1.10. The van der Waals surface area contributed by atoms with Gasteiger partial charge in [-0.05, 0) is 0 Å². The van der Waals surface area contributed by atoms with Gasteiger partial charge in [0.05, 0.1) is 0 Å². The van der Waals surface area contributed by atoms with Crippen LogP contribution in [0, 0.1) is 0 Å². The molecule has 0 spiro atoms. The van der Waals surface area contributed by atoms with Gasteiger partial charge in [0.15, 0.2) is 0 Å². The molecule has 0 aromatic carbocycles. The summed E-state index contributed by atoms with van der Waals surface area (Å²) in [7, 11) is 0. The van der Waals surface area contributed by atoms with Gasteiger partial charge in [0, 0.05) is 0 Å². The molecule has 0 fully saturated rings. The Labute approximate surface area is 60.0 Å². The van der Waals surface area contributed by atoms with Crippen molar-refractivity contribution >= 4 is 11.9 Å². The molecule has 0 saturated carbocycles. The predicted octanol–water partition coefficient (Wildman–Crippen LogP) is -4.39. The molecular formula is C2H5NO5Ti. The van der Waals surface area contributed by atoms with Crippen molar-refractivity contribution in [3.05, 3.63) is 0 Å². The number of rotatable bonds is 1. The van der Waals surface area contributed by atoms with Gasteiger partial charge in [0.25, 0.3) is 0 Å². The number of quaternary nitrogens is 1. The molecule has 52 valence electrons. The van der Waals surface area contributed by atoms with Gasteiger partial charge in [0.1, 0.15) is 0 Å². The predicted molar refractivity (Wildman–Crippen MR) is 17.6 cm³/mol. The molecule has 0 unspecified atom stereocenters. The average Bonchev–Trinajstić information content (AvgIpc) is 1.67. The molecule has 0 bridgehead atoms. The molecule has 0 atom stereocenters. The maximum atomic E-state index is 9.85. The van der Waals surface area contributed by atoms with E-state index in [1.807, 2.05) is 0 Å². The Bertz CT molecular complexity index is 114. The van der Waals surface area contributed by atoms with E-state index < -0.39 is 31.7 Å². The van der Waals surface area contributed by atoms with Crippen LogP contribution in [0.3, 0.4) is 0 Å². The minimum atomic E-state index is -1.81. The van der Waals surface area contributed by atoms with E-state index in [1.165, 1.54) is 0 Å². The Hall–Kier alpha value is -0.426. The molecule has 0 aromatic rings. The quantitative estimate of drug-likeness (QED) is 0.315. The SMILES string of the molecule is O.[NH3+][Ti][O]C(=O)C(=O)[O-]. The van der Waals surface area contributed by atoms with Crippen molar-refractivity contribution in [3.8, 4) is 0 Å². The van der Waals surface area contributed by atoms with Crippen molar-refractivity contribution < 1.29 is 47.5 Å². The molecule has 0 rings (SSSR count). The van der Waals surface area contributed by atoms with Crippen molar-refractivity contribution in [2.75, 3.05) is 0 Å². The third-order valence-electron chi connectivity index (χ3n) is 0.332. The molecule has 0 radical (unpaired) electrons. The molecule has 0 aliphatic heterocycles. The van der Waals surface area contributed by atoms with Crippen LogP contribution >= 0.6 is 0 Å². The summed E-state index contributed by atoms with van der Waals surface area (Å²) in [5, 5.41) is 9.50. The van der Waals surface area contributed by atoms with Gasteiger partial charge in [-0.15, -0.1) is 0 Å². The number of hydrogen-bond donors (Lipinski definition) is 1. The Morgan fingerprint density at radius 3 is 2.11 bits per heavy atom. The zero-order valence-electron chi connectivity index (χ0n) is 4.34. The molecule has 7 heteroatoms. The average molecular weight is 171 g/mol. The molecule has 6 nitrogen and oxygen atoms in total. The summed E-state index contributed by atoms with van der Waals surface area (Å²) in [6.45, 7) is 0. The second kappa shape index (κ2) is 5.71. The normalized spacial score (nSPS) is 6.78. The molecule has 9 heavy (non-hydrogen) atoms. The molecule has 5 N–H and O–H groups in total. The molecule has 0 heterocycles. The van der Waals surface area contributed by atoms with Crippen LogP contribution in [0.2, 0.25) is 0 Å². The monoisotopic (exact) mass is 171 g/mol. The Kier molecular flexibility index (Phi) is 7.22. The molecule has 0 aliphatic carbocycles. The standard InChI is InChI=1S/C2H2O4.H3N.H2O.Ti/c3-1(4)2(5)6;;;/h(H,3,4)(H,5,6);1H3;1H2;/q;;;+2/p-2. The van der Waals surface area contributed by atoms with Gasteiger partial charge >= 0.3 is 54.0 Å². The fraction of sp³-hybridized carbons (Fsp3) is 0. The van der Waals surface area contributed by atoms with Crippen LogP contribution in [0.15, 0.2) is 0 Å². The van der Waals surface area contributed by atoms with Crippen molar-refractivity contribution in [1.29, 1.82) is 0 Å². The van der Waals surface area contributed by atoms with E-state index in [2.05, 4.69) is 7.53 Å². The van der Waals surface area contributed by atoms with Crippen LogP contribution < -0.4 is 9.32 Å². The zero-order valence-corrected chi connectivity index (χ0v) is 5.90. The van der Waals surface area contributed by atoms with Gasteiger partial charge in [-0.25, -0.2) is 0 Å². The first kappa shape index (κ1) is 11.4. The van der Waals surface area contributed by atoms with E-state index in [0.717, 1.165) is 0 Å². The van der Waals surface area contributed by atoms with Crippen molar-refractivity contribution in [3.63, 3.8) is 0 Å². The summed E-state index contributed by atoms with van der Waals surface area (Å²) in [5.74, 6) is -3.13. The number of carbonyl (C=O) groups is 2. The molecule has 0 aromatic heterocycles. The summed E-state index contributed by atoms with van der Waals surface area (Å²) in [6, 6.07) is 0. The van der Waals surface area contributed by atoms with Crippen molar-refractivity contribution in [2.24, 2.45) is 0 Å². The third-order valence-corrected chi connectivity index (χ3v) is 0.846. The van der Waals surface area contributed by atoms with E-state index in [0.29, 0.717) is 0 Å². The summed E-state index contributed by atoms with van der Waals surface area (Å²) in [6.07, 6.45) is 0. The van der Waals surface area contributed by atoms with Crippen molar-refractivity contribution in [1.82, 2.24) is 0 Å². The third kappa shape index (κ3) is 5.45. The Morgan fingerprint density at radius 1 is 1.56 bits per heavy atom. The van der Waals surface area contributed by atoms with Gasteiger partial charge in [-0.2, -0.15) is 0 Å². The first-order chi connectivity index (χ1) is 3.68. The summed E-state index contributed by atoms with van der Waals surface area (Å²) in [4.78, 5) is 19.3. The first-order valence-electron chi connectivity index (χ1n) is 1.62. The summed E-state index contributed by atoms with van der Waals surface area (Å²) in [5.41, 5.74) is 0. The van der Waals surface area contributed by atoms with E-state index in [9.17, 15) is 14.7 Å². The van der Waals surface area contributed by atoms with E-state index in [4.69, 9.17) is 0 Å². The Morgan fingerprint density at radius 2 is 2.00 bits per heavy atom. The van der Waals surface area contributed by atoms with E-state index in [-0.39, 0.29) is 5.48 Å². The topological polar surface area (TPSA) is 126 Å². The zero-order chi connectivity index (χ0) is 6.57. The van der Waals surface area contributed by atoms with Crippen LogP contribution in [-0.4, -0.2) is 17.4 Å². The van der Waals surface area contributed by atoms with E-state index >= 15 is 0 Å². The minimum absolute atomic E-state index is 0. The fourth-order valence-electron chi connectivity index (χ4n) is 0.107. The van der Waals surface area contributed by atoms with Crippen LogP contribution in [0.25, 0.3) is 0 Å². The number of aliphatic carboxylic acids is 1. The van der Waals surface area contributed by atoms with E-state index in [1.54, 1.807) is 0 Å². The van der Waals surface area contributed by atoms with Crippen LogP contribution in [0.1, 0.15) is 0 Å². The number of carboxylic acids is 1. The number of hydrogen-bond acceptors (Lipinski definition) is 4. The molecule has 0 amide bonds. The van der Waals surface area contributed by atoms with Gasteiger partial charge < -0.3 is 5.48 Å². The van der Waals surface area contributed by atoms with Gasteiger partial charge in [0.2, 0.25) is 0 Å². The molecule has 0 saturated heterocycles. The Balaban J connectivity index is 0. The molecular weight excluding hydrogens is 166 g/mol. The summed E-state index contributed by atoms with van der Waals surface area (Å²) < 4.78 is 7.22.